The van der Waals surface area contributed by atoms with Gasteiger partial charge in [0.1, 0.15) is 11.2 Å². The smallest absolute Gasteiger partial charge is 0.162 e. The molecule has 0 aromatic heterocycles. The predicted molar refractivity (Wildman–Crippen MR) is 172 cm³/mol. The zero-order valence-corrected chi connectivity index (χ0v) is 28.1. The highest BCUT2D eigenvalue weighted by atomic mass is 16.5. The molecule has 0 heterocycles. The van der Waals surface area contributed by atoms with E-state index in [0.717, 1.165) is 89.9 Å². The zero-order chi connectivity index (χ0) is 31.5. The number of carbonyl (C=O) groups is 4. The third-order valence-corrected chi connectivity index (χ3v) is 16.3. The Hall–Kier alpha value is -1.88. The van der Waals surface area contributed by atoms with Gasteiger partial charge in [-0.3, -0.25) is 19.2 Å². The Morgan fingerprint density at radius 1 is 0.578 bits per heavy atom. The first-order valence-corrected chi connectivity index (χ1v) is 18.6. The van der Waals surface area contributed by atoms with E-state index in [1.807, 2.05) is 12.2 Å². The van der Waals surface area contributed by atoms with E-state index in [4.69, 9.17) is 4.74 Å². The number of ketones is 4. The fourth-order valence-corrected chi connectivity index (χ4v) is 14.3. The molecule has 8 aliphatic rings. The maximum Gasteiger partial charge on any atom is 0.162 e. The molecule has 6 fully saturated rings. The minimum Gasteiger partial charge on any atom is -0.352 e. The van der Waals surface area contributed by atoms with E-state index in [1.54, 1.807) is 13.8 Å². The normalized spacial score (nSPS) is 50.2. The van der Waals surface area contributed by atoms with Crippen LogP contribution in [0.5, 0.6) is 0 Å². The third-order valence-electron chi connectivity index (χ3n) is 16.3. The van der Waals surface area contributed by atoms with Crippen LogP contribution < -0.4 is 0 Å². The molecule has 244 valence electrons. The first-order chi connectivity index (χ1) is 21.4. The van der Waals surface area contributed by atoms with E-state index in [9.17, 15) is 19.2 Å². The summed E-state index contributed by atoms with van der Waals surface area (Å²) in [4.78, 5) is 52.8. The molecule has 0 radical (unpaired) electrons. The number of hydrogen-bond donors (Lipinski definition) is 0. The molecule has 0 spiro atoms. The van der Waals surface area contributed by atoms with E-state index in [2.05, 4.69) is 13.8 Å². The van der Waals surface area contributed by atoms with E-state index in [-0.39, 0.29) is 22.4 Å². The van der Waals surface area contributed by atoms with Gasteiger partial charge in [-0.25, -0.2) is 0 Å². The fraction of sp³-hybridized carbons (Fsp3) is 0.800. The first-order valence-electron chi connectivity index (χ1n) is 18.6. The number of carbonyl (C=O) groups excluding carboxylic acids is 4. The van der Waals surface area contributed by atoms with Gasteiger partial charge in [0.25, 0.3) is 0 Å². The van der Waals surface area contributed by atoms with Gasteiger partial charge in [-0.1, -0.05) is 25.0 Å². The standard InChI is InChI=1S/C40H54O5/c1-23(41)39(19-15-35-33-9-5-25-21-27(43)7-11-29(25)31(33)13-17-37(35,39)3)45-40(24(2)42)20-16-36-34-10-6-26-22-28(44)8-12-30(26)32(34)14-18-38(36,40)4/h21-22,29-36H,5-20H2,1-4H3/t29-,30-,31?,32?,33?,34?,35?,36?,37-,38-,39+,40+/m0/s1. The Bertz CT molecular complexity index is 1300. The summed E-state index contributed by atoms with van der Waals surface area (Å²) in [6.07, 6.45) is 19.1. The molecule has 6 saturated carbocycles. The summed E-state index contributed by atoms with van der Waals surface area (Å²) in [7, 11) is 0. The quantitative estimate of drug-likeness (QED) is 0.321. The monoisotopic (exact) mass is 614 g/mol. The van der Waals surface area contributed by atoms with Crippen molar-refractivity contribution in [1.82, 2.24) is 0 Å². The second kappa shape index (κ2) is 10.3. The average molecular weight is 615 g/mol. The highest BCUT2D eigenvalue weighted by Crippen LogP contribution is 2.71. The van der Waals surface area contributed by atoms with E-state index < -0.39 is 11.2 Å². The number of rotatable bonds is 4. The van der Waals surface area contributed by atoms with Gasteiger partial charge in [-0.15, -0.1) is 0 Å². The number of fused-ring (bicyclic) bond motifs is 10. The van der Waals surface area contributed by atoms with Gasteiger partial charge < -0.3 is 4.74 Å². The largest absolute Gasteiger partial charge is 0.352 e. The van der Waals surface area contributed by atoms with Crippen LogP contribution in [0.2, 0.25) is 0 Å². The zero-order valence-electron chi connectivity index (χ0n) is 28.1. The second-order valence-corrected chi connectivity index (χ2v) is 17.5. The molecular formula is C40H54O5. The Morgan fingerprint density at radius 3 is 1.40 bits per heavy atom. The third kappa shape index (κ3) is 4.00. The van der Waals surface area contributed by atoms with Crippen LogP contribution in [0.15, 0.2) is 23.3 Å². The van der Waals surface area contributed by atoms with Gasteiger partial charge in [0.2, 0.25) is 0 Å². The van der Waals surface area contributed by atoms with Gasteiger partial charge in [0.15, 0.2) is 23.1 Å². The van der Waals surface area contributed by atoms with Gasteiger partial charge in [-0.05, 0) is 163 Å². The minimum atomic E-state index is -0.923. The van der Waals surface area contributed by atoms with Crippen molar-refractivity contribution < 1.29 is 23.9 Å². The first kappa shape index (κ1) is 30.5. The van der Waals surface area contributed by atoms with Crippen LogP contribution >= 0.6 is 0 Å². The van der Waals surface area contributed by atoms with Crippen molar-refractivity contribution in [3.05, 3.63) is 23.3 Å². The molecule has 5 nitrogen and oxygen atoms in total. The summed E-state index contributed by atoms with van der Waals surface area (Å²) >= 11 is 0. The Balaban J connectivity index is 1.11. The lowest BCUT2D eigenvalue weighted by molar-refractivity contribution is -0.242. The van der Waals surface area contributed by atoms with Gasteiger partial charge in [-0.2, -0.15) is 0 Å². The summed E-state index contributed by atoms with van der Waals surface area (Å²) in [5, 5.41) is 0. The van der Waals surface area contributed by atoms with Crippen LogP contribution in [0.25, 0.3) is 0 Å². The second-order valence-electron chi connectivity index (χ2n) is 17.5. The van der Waals surface area contributed by atoms with E-state index in [0.29, 0.717) is 71.8 Å². The van der Waals surface area contributed by atoms with Crippen LogP contribution in [0.4, 0.5) is 0 Å². The Kier molecular flexibility index (Phi) is 6.98. The molecule has 8 aliphatic carbocycles. The van der Waals surface area contributed by atoms with Crippen molar-refractivity contribution in [2.24, 2.45) is 58.2 Å². The predicted octanol–water partition coefficient (Wildman–Crippen LogP) is 7.94. The molecular weight excluding hydrogens is 560 g/mol. The maximum atomic E-state index is 14.2. The summed E-state index contributed by atoms with van der Waals surface area (Å²) in [6.45, 7) is 8.23. The average Bonchev–Trinajstić information content (AvgIpc) is 3.48. The molecule has 5 heteroatoms. The highest BCUT2D eigenvalue weighted by Gasteiger charge is 2.72. The van der Waals surface area contributed by atoms with Crippen LogP contribution in [0.1, 0.15) is 130 Å². The van der Waals surface area contributed by atoms with Crippen LogP contribution in [0.3, 0.4) is 0 Å². The molecule has 0 aromatic rings. The maximum absolute atomic E-state index is 14.2. The van der Waals surface area contributed by atoms with Gasteiger partial charge in [0.05, 0.1) is 0 Å². The van der Waals surface area contributed by atoms with Crippen molar-refractivity contribution in [2.75, 3.05) is 0 Å². The molecule has 8 rings (SSSR count). The number of allylic oxidation sites excluding steroid dienone is 2. The van der Waals surface area contributed by atoms with Crippen molar-refractivity contribution in [2.45, 2.75) is 142 Å². The topological polar surface area (TPSA) is 77.5 Å². The lowest BCUT2D eigenvalue weighted by Gasteiger charge is -2.60. The molecule has 0 N–H and O–H groups in total. The van der Waals surface area contributed by atoms with E-state index >= 15 is 0 Å². The molecule has 45 heavy (non-hydrogen) atoms. The van der Waals surface area contributed by atoms with Crippen molar-refractivity contribution >= 4 is 23.1 Å². The molecule has 12 atom stereocenters. The number of Topliss-reactive ketones (excluding diaryl/α,β-unsaturated/α-hetero) is 2. The van der Waals surface area contributed by atoms with Crippen LogP contribution in [-0.4, -0.2) is 34.3 Å². The van der Waals surface area contributed by atoms with Crippen molar-refractivity contribution in [3.8, 4) is 0 Å². The lowest BCUT2D eigenvalue weighted by atomic mass is 9.49. The summed E-state index contributed by atoms with van der Waals surface area (Å²) < 4.78 is 7.61. The summed E-state index contributed by atoms with van der Waals surface area (Å²) in [5.74, 6) is 5.08. The SMILES string of the molecule is CC(=O)[C@]1(O[C@@]2(C(C)=O)CCC3C4CCC5=CC(=O)CC[C@@H]5C4CC[C@@]32C)CCC2C3CCC4=CC(=O)CC[C@@H]4C3CC[C@@]21C. The Labute approximate surface area is 269 Å². The van der Waals surface area contributed by atoms with Crippen molar-refractivity contribution in [3.63, 3.8) is 0 Å². The van der Waals surface area contributed by atoms with E-state index in [1.165, 1.54) is 11.1 Å². The molecule has 0 bridgehead atoms. The molecule has 0 aromatic carbocycles. The molecule has 0 saturated heterocycles. The number of hydrogen-bond acceptors (Lipinski definition) is 5. The highest BCUT2D eigenvalue weighted by molar-refractivity contribution is 5.92. The Morgan fingerprint density at radius 2 is 1.00 bits per heavy atom. The molecule has 0 amide bonds. The van der Waals surface area contributed by atoms with Crippen molar-refractivity contribution in [1.29, 1.82) is 0 Å². The fourth-order valence-electron chi connectivity index (χ4n) is 14.3. The lowest BCUT2D eigenvalue weighted by Crippen LogP contribution is -2.65. The molecule has 0 aliphatic heterocycles. The minimum absolute atomic E-state index is 0.131. The van der Waals surface area contributed by atoms with Gasteiger partial charge >= 0.3 is 0 Å². The summed E-state index contributed by atoms with van der Waals surface area (Å²) in [5.41, 5.74) is 0.383. The van der Waals surface area contributed by atoms with Gasteiger partial charge in [0, 0.05) is 23.7 Å². The molecule has 6 unspecified atom stereocenters. The van der Waals surface area contributed by atoms with Crippen LogP contribution in [-0.2, 0) is 23.9 Å². The summed E-state index contributed by atoms with van der Waals surface area (Å²) in [6, 6.07) is 0. The van der Waals surface area contributed by atoms with Crippen LogP contribution in [0, 0.1) is 58.2 Å². The number of ether oxygens (including phenoxy) is 1.